The van der Waals surface area contributed by atoms with E-state index in [1.54, 1.807) is 33.8 Å². The summed E-state index contributed by atoms with van der Waals surface area (Å²) in [4.78, 5) is 36.8. The lowest BCUT2D eigenvalue weighted by atomic mass is 9.72. The van der Waals surface area contributed by atoms with Crippen LogP contribution in [0.1, 0.15) is 48.0 Å². The Bertz CT molecular complexity index is 859. The Morgan fingerprint density at radius 2 is 1.84 bits per heavy atom. The van der Waals surface area contributed by atoms with Crippen LogP contribution in [0.4, 0.5) is 0 Å². The molecule has 0 aromatic rings. The zero-order valence-electron chi connectivity index (χ0n) is 18.6. The van der Waals surface area contributed by atoms with Gasteiger partial charge in [-0.05, 0) is 27.7 Å². The Kier molecular flexibility index (Phi) is 4.85. The monoisotopic (exact) mass is 438 g/mol. The number of ether oxygens (including phenoxy) is 4. The molecule has 2 aliphatic carbocycles. The summed E-state index contributed by atoms with van der Waals surface area (Å²) in [7, 11) is 0. The van der Waals surface area contributed by atoms with Crippen molar-refractivity contribution < 1.29 is 43.5 Å². The number of epoxide rings is 1. The molecule has 4 aliphatic rings. The van der Waals surface area contributed by atoms with Gasteiger partial charge in [0.1, 0.15) is 29.5 Å². The zero-order valence-corrected chi connectivity index (χ0v) is 18.6. The minimum absolute atomic E-state index is 0.0201. The summed E-state index contributed by atoms with van der Waals surface area (Å²) in [6.07, 6.45) is -1.92. The van der Waals surface area contributed by atoms with Gasteiger partial charge in [-0.1, -0.05) is 13.0 Å². The molecule has 0 aromatic carbocycles. The van der Waals surface area contributed by atoms with E-state index in [4.69, 9.17) is 18.9 Å². The number of carbonyl (C=O) groups is 3. The highest BCUT2D eigenvalue weighted by atomic mass is 16.7. The largest absolute Gasteiger partial charge is 0.461 e. The second-order valence-electron chi connectivity index (χ2n) is 9.73. The molecule has 2 saturated carbocycles. The lowest BCUT2D eigenvalue weighted by Crippen LogP contribution is -2.57. The lowest BCUT2D eigenvalue weighted by Gasteiger charge is -2.40. The molecule has 2 saturated heterocycles. The molecule has 9 nitrogen and oxygen atoms in total. The molecule has 0 aromatic heterocycles. The summed E-state index contributed by atoms with van der Waals surface area (Å²) >= 11 is 0. The third kappa shape index (κ3) is 2.89. The lowest BCUT2D eigenvalue weighted by molar-refractivity contribution is -0.193. The van der Waals surface area contributed by atoms with Gasteiger partial charge in [-0.2, -0.15) is 0 Å². The number of hydrogen-bond donors (Lipinski definition) is 2. The van der Waals surface area contributed by atoms with Crippen LogP contribution in [0.2, 0.25) is 0 Å². The van der Waals surface area contributed by atoms with Crippen molar-refractivity contribution in [3.8, 4) is 0 Å². The Morgan fingerprint density at radius 1 is 1.19 bits per heavy atom. The van der Waals surface area contributed by atoms with Crippen molar-refractivity contribution in [2.24, 2.45) is 17.8 Å². The third-order valence-electron chi connectivity index (χ3n) is 7.72. The maximum absolute atomic E-state index is 12.6. The summed E-state index contributed by atoms with van der Waals surface area (Å²) in [6.45, 7) is 9.31. The molecule has 4 fully saturated rings. The summed E-state index contributed by atoms with van der Waals surface area (Å²) in [5.41, 5.74) is -4.09. The molecule has 2 N–H and O–H groups in total. The molecular weight excluding hydrogens is 408 g/mol. The summed E-state index contributed by atoms with van der Waals surface area (Å²) in [5, 5.41) is 23.1. The molecule has 31 heavy (non-hydrogen) atoms. The highest BCUT2D eigenvalue weighted by Gasteiger charge is 2.88. The highest BCUT2D eigenvalue weighted by Crippen LogP contribution is 2.69. The second-order valence-corrected chi connectivity index (χ2v) is 9.73. The van der Waals surface area contributed by atoms with E-state index < -0.39 is 76.9 Å². The molecule has 0 amide bonds. The molecule has 10 atom stereocenters. The Hall–Kier alpha value is -1.97. The number of rotatable bonds is 3. The van der Waals surface area contributed by atoms with Crippen LogP contribution in [-0.2, 0) is 33.3 Å². The van der Waals surface area contributed by atoms with E-state index in [-0.39, 0.29) is 6.42 Å². The third-order valence-corrected chi connectivity index (χ3v) is 7.72. The molecule has 172 valence electrons. The fourth-order valence-corrected chi connectivity index (χ4v) is 6.08. The van der Waals surface area contributed by atoms with E-state index in [0.717, 1.165) is 0 Å². The number of aliphatic hydroxyl groups is 2. The van der Waals surface area contributed by atoms with Gasteiger partial charge in [0, 0.05) is 24.8 Å². The fraction of sp³-hybridized carbons (Fsp3) is 0.773. The summed E-state index contributed by atoms with van der Waals surface area (Å²) < 4.78 is 22.8. The van der Waals surface area contributed by atoms with Crippen LogP contribution < -0.4 is 0 Å². The van der Waals surface area contributed by atoms with Crippen molar-refractivity contribution in [3.63, 3.8) is 0 Å². The standard InChI is InChI=1S/C22H30O9/c1-7-9(2)18(24)29-12-8-20(5,26)22-15(14-13(12)10(3)19(25)30-14)21(6,27)16(17(22)31-22)28-11(4)23/h7,10,12-17,26-27H,8H2,1-6H3/b9-7-/t10-,12-,13+,14-,15-,16-,17+,20+,21-,22-/m0/s1. The van der Waals surface area contributed by atoms with Crippen molar-refractivity contribution in [3.05, 3.63) is 11.6 Å². The summed E-state index contributed by atoms with van der Waals surface area (Å²) in [5.74, 6) is -3.72. The highest BCUT2D eigenvalue weighted by molar-refractivity contribution is 5.87. The van der Waals surface area contributed by atoms with Crippen LogP contribution >= 0.6 is 0 Å². The molecule has 4 rings (SSSR count). The molecule has 0 radical (unpaired) electrons. The first kappa shape index (κ1) is 22.2. The number of esters is 3. The smallest absolute Gasteiger partial charge is 0.333 e. The minimum Gasteiger partial charge on any atom is -0.461 e. The quantitative estimate of drug-likeness (QED) is 0.282. The number of fused-ring (bicyclic) bond motifs is 2. The Morgan fingerprint density at radius 3 is 2.42 bits per heavy atom. The van der Waals surface area contributed by atoms with Gasteiger partial charge in [-0.25, -0.2) is 4.79 Å². The van der Waals surface area contributed by atoms with Crippen LogP contribution in [0, 0.1) is 17.8 Å². The van der Waals surface area contributed by atoms with Gasteiger partial charge < -0.3 is 29.2 Å². The average Bonchev–Trinajstić information content (AvgIpc) is 3.29. The average molecular weight is 438 g/mol. The van der Waals surface area contributed by atoms with Gasteiger partial charge in [-0.3, -0.25) is 9.59 Å². The number of hydrogen-bond acceptors (Lipinski definition) is 9. The van der Waals surface area contributed by atoms with E-state index in [9.17, 15) is 24.6 Å². The molecular formula is C22H30O9. The maximum Gasteiger partial charge on any atom is 0.333 e. The zero-order chi connectivity index (χ0) is 23.1. The van der Waals surface area contributed by atoms with Crippen LogP contribution in [0.25, 0.3) is 0 Å². The van der Waals surface area contributed by atoms with E-state index in [2.05, 4.69) is 0 Å². The van der Waals surface area contributed by atoms with Gasteiger partial charge in [0.25, 0.3) is 0 Å². The van der Waals surface area contributed by atoms with Gasteiger partial charge in [0.2, 0.25) is 0 Å². The topological polar surface area (TPSA) is 132 Å². The van der Waals surface area contributed by atoms with Crippen molar-refractivity contribution in [1.29, 1.82) is 0 Å². The SMILES string of the molecule is C/C=C(/C)C(=O)O[C@H]1C[C@@](C)(O)[C@@]23O[C@@H]2[C@H](OC(C)=O)[C@@](C)(O)[C@@H]3[C@H]2OC(=O)[C@@H](C)[C@@H]21. The van der Waals surface area contributed by atoms with E-state index in [0.29, 0.717) is 5.57 Å². The van der Waals surface area contributed by atoms with Crippen LogP contribution in [-0.4, -0.2) is 69.3 Å². The Labute approximate surface area is 180 Å². The molecule has 2 aliphatic heterocycles. The molecule has 0 bridgehead atoms. The minimum atomic E-state index is -1.63. The van der Waals surface area contributed by atoms with Gasteiger partial charge in [-0.15, -0.1) is 0 Å². The van der Waals surface area contributed by atoms with Gasteiger partial charge in [0.05, 0.1) is 17.4 Å². The van der Waals surface area contributed by atoms with Crippen LogP contribution in [0.3, 0.4) is 0 Å². The van der Waals surface area contributed by atoms with Gasteiger partial charge >= 0.3 is 17.9 Å². The summed E-state index contributed by atoms with van der Waals surface area (Å²) in [6, 6.07) is 0. The van der Waals surface area contributed by atoms with Crippen LogP contribution in [0.15, 0.2) is 11.6 Å². The number of allylic oxidation sites excluding steroid dienone is 1. The normalized spacial score (nSPS) is 50.5. The molecule has 1 spiro atoms. The first-order valence-corrected chi connectivity index (χ1v) is 10.6. The van der Waals surface area contributed by atoms with E-state index in [1.165, 1.54) is 13.8 Å². The molecule has 9 heteroatoms. The Balaban J connectivity index is 1.79. The van der Waals surface area contributed by atoms with Crippen molar-refractivity contribution >= 4 is 17.9 Å². The predicted octanol–water partition coefficient (Wildman–Crippen LogP) is 0.647. The first-order chi connectivity index (χ1) is 14.3. The first-order valence-electron chi connectivity index (χ1n) is 10.6. The maximum atomic E-state index is 12.6. The van der Waals surface area contributed by atoms with Crippen molar-refractivity contribution in [1.82, 2.24) is 0 Å². The van der Waals surface area contributed by atoms with Gasteiger partial charge in [0.15, 0.2) is 6.10 Å². The van der Waals surface area contributed by atoms with E-state index in [1.807, 2.05) is 0 Å². The van der Waals surface area contributed by atoms with E-state index >= 15 is 0 Å². The fourth-order valence-electron chi connectivity index (χ4n) is 6.08. The van der Waals surface area contributed by atoms with Crippen molar-refractivity contribution in [2.75, 3.05) is 0 Å². The molecule has 2 heterocycles. The number of carbonyl (C=O) groups excluding carboxylic acids is 3. The molecule has 0 unspecified atom stereocenters. The second kappa shape index (κ2) is 6.76. The van der Waals surface area contributed by atoms with Crippen LogP contribution in [0.5, 0.6) is 0 Å². The predicted molar refractivity (Wildman–Crippen MR) is 104 cm³/mol. The van der Waals surface area contributed by atoms with Crippen molar-refractivity contribution in [2.45, 2.75) is 89.2 Å².